The predicted molar refractivity (Wildman–Crippen MR) is 26.4 cm³/mol. The van der Waals surface area contributed by atoms with Gasteiger partial charge < -0.3 is 21.1 Å². The van der Waals surface area contributed by atoms with Crippen LogP contribution in [-0.2, 0) is 0 Å². The van der Waals surface area contributed by atoms with Crippen LogP contribution in [0, 0.1) is 11.5 Å². The number of primary amides is 1. The molecule has 0 fully saturated rings. The van der Waals surface area contributed by atoms with E-state index < -0.39 is 17.0 Å². The first-order chi connectivity index (χ1) is 4.39. The molecule has 5 N–H and O–H groups in total. The molecule has 0 aromatic carbocycles. The van der Waals surface area contributed by atoms with Gasteiger partial charge in [-0.25, -0.2) is 4.79 Å². The zero-order chi connectivity index (χ0) is 8.36. The van der Waals surface area contributed by atoms with Crippen molar-refractivity contribution >= 4 is 6.03 Å². The second-order valence-corrected chi connectivity index (χ2v) is 1.37. The first kappa shape index (κ1) is 8.64. The molecule has 0 aromatic heterocycles. The lowest BCUT2D eigenvalue weighted by Crippen LogP contribution is -2.51. The molecular weight excluding hydrogens is 142 g/mol. The van der Waals surface area contributed by atoms with Gasteiger partial charge in [-0.2, -0.15) is 5.26 Å². The van der Waals surface area contributed by atoms with Crippen molar-refractivity contribution < 1.29 is 20.1 Å². The van der Waals surface area contributed by atoms with Gasteiger partial charge >= 0.3 is 12.1 Å². The third-order valence-corrected chi connectivity index (χ3v) is 0.620. The van der Waals surface area contributed by atoms with Crippen molar-refractivity contribution in [1.82, 2.24) is 4.90 Å². The van der Waals surface area contributed by atoms with Gasteiger partial charge in [0.05, 0.1) is 0 Å². The summed E-state index contributed by atoms with van der Waals surface area (Å²) < 4.78 is 0. The van der Waals surface area contributed by atoms with Crippen molar-refractivity contribution in [2.24, 2.45) is 5.73 Å². The Labute approximate surface area is 55.5 Å². The van der Waals surface area contributed by atoms with E-state index in [4.69, 9.17) is 20.6 Å². The van der Waals surface area contributed by atoms with Crippen LogP contribution in [0.2, 0.25) is 0 Å². The molecule has 0 atom stereocenters. The van der Waals surface area contributed by atoms with Gasteiger partial charge in [0.15, 0.2) is 6.19 Å². The Balaban J connectivity index is 4.42. The molecule has 0 aliphatic carbocycles. The molecule has 0 saturated heterocycles. The Morgan fingerprint density at radius 3 is 2.00 bits per heavy atom. The predicted octanol–water partition coefficient (Wildman–Crippen LogP) is -2.56. The molecule has 0 radical (unpaired) electrons. The lowest BCUT2D eigenvalue weighted by atomic mass is 10.7. The van der Waals surface area contributed by atoms with E-state index in [1.54, 1.807) is 0 Å². The zero-order valence-corrected chi connectivity index (χ0v) is 4.72. The Bertz CT molecular complexity index is 177. The number of carbonyl (C=O) groups excluding carboxylic acids is 1. The first-order valence-electron chi connectivity index (χ1n) is 2.06. The lowest BCUT2D eigenvalue weighted by Gasteiger charge is -2.19. The summed E-state index contributed by atoms with van der Waals surface area (Å²) in [6.07, 6.45) is -2.56. The minimum Gasteiger partial charge on any atom is -0.350 e. The van der Waals surface area contributed by atoms with E-state index in [1.807, 2.05) is 0 Å². The molecule has 0 aliphatic heterocycles. The molecule has 0 heterocycles. The smallest absolute Gasteiger partial charge is 0.350 e. The summed E-state index contributed by atoms with van der Waals surface area (Å²) in [5, 5.41) is 32.4. The third-order valence-electron chi connectivity index (χ3n) is 0.620. The van der Waals surface area contributed by atoms with Crippen molar-refractivity contribution in [3.05, 3.63) is 0 Å². The van der Waals surface area contributed by atoms with E-state index in [1.165, 1.54) is 0 Å². The summed E-state index contributed by atoms with van der Waals surface area (Å²) in [4.78, 5) is 9.61. The van der Waals surface area contributed by atoms with Crippen molar-refractivity contribution in [2.75, 3.05) is 0 Å². The number of carbonyl (C=O) groups is 1. The summed E-state index contributed by atoms with van der Waals surface area (Å²) in [6.45, 7) is 0. The van der Waals surface area contributed by atoms with Crippen molar-refractivity contribution in [1.29, 1.82) is 5.26 Å². The number of rotatable bonds is 1. The van der Waals surface area contributed by atoms with E-state index in [0.29, 0.717) is 0 Å². The molecule has 0 unspecified atom stereocenters. The fraction of sp³-hybridized carbons (Fsp3) is 0.333. The highest BCUT2D eigenvalue weighted by Gasteiger charge is 2.32. The molecule has 0 aromatic rings. The van der Waals surface area contributed by atoms with Gasteiger partial charge in [0.25, 0.3) is 0 Å². The van der Waals surface area contributed by atoms with Gasteiger partial charge in [-0.15, -0.1) is 4.90 Å². The van der Waals surface area contributed by atoms with Crippen LogP contribution in [0.3, 0.4) is 0 Å². The van der Waals surface area contributed by atoms with Gasteiger partial charge in [-0.1, -0.05) is 0 Å². The van der Waals surface area contributed by atoms with Crippen molar-refractivity contribution in [3.8, 4) is 6.19 Å². The number of nitrogens with two attached hydrogens (primary N) is 1. The number of nitriles is 1. The van der Waals surface area contributed by atoms with Crippen LogP contribution in [0.15, 0.2) is 0 Å². The minimum atomic E-state index is -3.51. The summed E-state index contributed by atoms with van der Waals surface area (Å²) >= 11 is 0. The highest BCUT2D eigenvalue weighted by molar-refractivity contribution is 5.73. The Morgan fingerprint density at radius 1 is 1.60 bits per heavy atom. The number of hydrogen-bond acceptors (Lipinski definition) is 5. The monoisotopic (exact) mass is 147 g/mol. The molecule has 0 rings (SSSR count). The average Bonchev–Trinajstić information content (AvgIpc) is 1.60. The minimum absolute atomic E-state index is 0.410. The van der Waals surface area contributed by atoms with Gasteiger partial charge in [0, 0.05) is 0 Å². The molecule has 10 heavy (non-hydrogen) atoms. The van der Waals surface area contributed by atoms with E-state index in [2.05, 4.69) is 5.73 Å². The summed E-state index contributed by atoms with van der Waals surface area (Å²) in [6, 6.07) is -1.46. The van der Waals surface area contributed by atoms with Crippen LogP contribution in [0.25, 0.3) is 0 Å². The standard InChI is InChI=1S/C3H5N3O4/c4-1-6(2(5)7)3(8,9)10/h8-10H,(H2,5,7). The quantitative estimate of drug-likeness (QED) is 0.184. The second-order valence-electron chi connectivity index (χ2n) is 1.37. The third kappa shape index (κ3) is 1.87. The second kappa shape index (κ2) is 2.49. The van der Waals surface area contributed by atoms with E-state index in [-0.39, 0.29) is 0 Å². The fourth-order valence-corrected chi connectivity index (χ4v) is 0.264. The van der Waals surface area contributed by atoms with Crippen LogP contribution >= 0.6 is 0 Å². The molecule has 0 bridgehead atoms. The number of hydrogen-bond donors (Lipinski definition) is 4. The largest absolute Gasteiger partial charge is 0.386 e. The normalized spacial score (nSPS) is 10.2. The van der Waals surface area contributed by atoms with Gasteiger partial charge in [-0.3, -0.25) is 0 Å². The van der Waals surface area contributed by atoms with Crippen LogP contribution in [-0.4, -0.2) is 32.3 Å². The Kier molecular flexibility index (Phi) is 2.15. The summed E-state index contributed by atoms with van der Waals surface area (Å²) in [5.74, 6) is 0. The summed E-state index contributed by atoms with van der Waals surface area (Å²) in [7, 11) is 0. The van der Waals surface area contributed by atoms with Crippen LogP contribution in [0.4, 0.5) is 4.79 Å². The van der Waals surface area contributed by atoms with E-state index in [9.17, 15) is 4.79 Å². The lowest BCUT2D eigenvalue weighted by molar-refractivity contribution is -0.365. The van der Waals surface area contributed by atoms with Crippen LogP contribution < -0.4 is 5.73 Å². The molecule has 0 saturated carbocycles. The zero-order valence-electron chi connectivity index (χ0n) is 4.72. The molecule has 2 amide bonds. The number of nitrogens with zero attached hydrogens (tertiary/aromatic N) is 2. The highest BCUT2D eigenvalue weighted by Crippen LogP contribution is 1.99. The maximum absolute atomic E-state index is 10.0. The maximum atomic E-state index is 10.0. The molecular formula is C3H5N3O4. The maximum Gasteiger partial charge on any atom is 0.386 e. The molecule has 7 nitrogen and oxygen atoms in total. The summed E-state index contributed by atoms with van der Waals surface area (Å²) in [5.41, 5.74) is 4.42. The van der Waals surface area contributed by atoms with Crippen LogP contribution in [0.1, 0.15) is 0 Å². The van der Waals surface area contributed by atoms with Gasteiger partial charge in [-0.05, 0) is 0 Å². The molecule has 0 spiro atoms. The van der Waals surface area contributed by atoms with E-state index >= 15 is 0 Å². The van der Waals surface area contributed by atoms with Crippen molar-refractivity contribution in [2.45, 2.75) is 6.10 Å². The average molecular weight is 147 g/mol. The molecule has 56 valence electrons. The van der Waals surface area contributed by atoms with Gasteiger partial charge in [0.2, 0.25) is 0 Å². The fourth-order valence-electron chi connectivity index (χ4n) is 0.264. The van der Waals surface area contributed by atoms with E-state index in [0.717, 1.165) is 6.19 Å². The SMILES string of the molecule is N#CN(C(N)=O)C(O)(O)O. The van der Waals surface area contributed by atoms with Crippen molar-refractivity contribution in [3.63, 3.8) is 0 Å². The molecule has 0 aliphatic rings. The molecule has 7 heteroatoms. The number of amides is 2. The Hall–Kier alpha value is -1.36. The Morgan fingerprint density at radius 2 is 2.00 bits per heavy atom. The number of urea groups is 1. The number of aliphatic hydroxyl groups is 3. The van der Waals surface area contributed by atoms with Crippen LogP contribution in [0.5, 0.6) is 0 Å². The first-order valence-corrected chi connectivity index (χ1v) is 2.06. The highest BCUT2D eigenvalue weighted by atomic mass is 16.7. The topological polar surface area (TPSA) is 131 Å². The van der Waals surface area contributed by atoms with Gasteiger partial charge in [0.1, 0.15) is 0 Å².